The van der Waals surface area contributed by atoms with E-state index in [1.807, 2.05) is 20.8 Å². The Morgan fingerprint density at radius 2 is 1.81 bits per heavy atom. The number of fused-ring (bicyclic) bond motifs is 2. The first-order valence-electron chi connectivity index (χ1n) is 7.92. The SMILES string of the molecule is CC.CC1C2CCC(O2)C1C(=O)O.O=CN1CCNCC1. The molecule has 0 aromatic rings. The fraction of sp³-hybridized carbons (Fsp3) is 0.867. The fourth-order valence-electron chi connectivity index (χ4n) is 3.08. The number of piperazine rings is 1. The van der Waals surface area contributed by atoms with Crippen LogP contribution < -0.4 is 5.32 Å². The standard InChI is InChI=1S/C8H12O3.C5H10N2O.C2H6/c1-4-5-2-3-6(11-5)7(4)8(9)10;8-5-7-3-1-6-2-4-7;1-2/h4-7H,2-3H2,1H3,(H,9,10);5-6H,1-4H2;1-2H3. The zero-order valence-corrected chi connectivity index (χ0v) is 13.2. The van der Waals surface area contributed by atoms with Gasteiger partial charge in [-0.15, -0.1) is 0 Å². The number of amides is 1. The number of hydrogen-bond donors (Lipinski definition) is 2. The summed E-state index contributed by atoms with van der Waals surface area (Å²) < 4.78 is 5.48. The van der Waals surface area contributed by atoms with Crippen LogP contribution in [0.25, 0.3) is 0 Å². The highest BCUT2D eigenvalue weighted by Crippen LogP contribution is 2.43. The maximum Gasteiger partial charge on any atom is 0.309 e. The third kappa shape index (κ3) is 4.68. The lowest BCUT2D eigenvalue weighted by molar-refractivity contribution is -0.144. The molecule has 3 aliphatic heterocycles. The second kappa shape index (κ2) is 9.00. The van der Waals surface area contributed by atoms with Gasteiger partial charge in [-0.2, -0.15) is 0 Å². The van der Waals surface area contributed by atoms with Crippen molar-refractivity contribution in [1.82, 2.24) is 10.2 Å². The monoisotopic (exact) mass is 300 g/mol. The number of carboxylic acids is 1. The van der Waals surface area contributed by atoms with E-state index in [0.29, 0.717) is 0 Å². The summed E-state index contributed by atoms with van der Waals surface area (Å²) in [5.74, 6) is -0.718. The average Bonchev–Trinajstić information content (AvgIpc) is 3.11. The number of ether oxygens (including phenoxy) is 1. The van der Waals surface area contributed by atoms with E-state index < -0.39 is 5.97 Å². The summed E-state index contributed by atoms with van der Waals surface area (Å²) in [6.07, 6.45) is 3.12. The lowest BCUT2D eigenvalue weighted by atomic mass is 9.81. The molecule has 4 unspecified atom stereocenters. The van der Waals surface area contributed by atoms with Gasteiger partial charge in [0.2, 0.25) is 6.41 Å². The summed E-state index contributed by atoms with van der Waals surface area (Å²) >= 11 is 0. The molecule has 4 atom stereocenters. The second-order valence-electron chi connectivity index (χ2n) is 5.40. The van der Waals surface area contributed by atoms with Crippen molar-refractivity contribution >= 4 is 12.4 Å². The van der Waals surface area contributed by atoms with Gasteiger partial charge in [-0.3, -0.25) is 9.59 Å². The van der Waals surface area contributed by atoms with E-state index in [-0.39, 0.29) is 24.0 Å². The summed E-state index contributed by atoms with van der Waals surface area (Å²) in [5.41, 5.74) is 0. The van der Waals surface area contributed by atoms with Crippen LogP contribution in [-0.2, 0) is 14.3 Å². The molecule has 3 heterocycles. The number of aliphatic carboxylic acids is 1. The van der Waals surface area contributed by atoms with Gasteiger partial charge in [0.15, 0.2) is 0 Å². The molecule has 0 aliphatic carbocycles. The number of nitrogens with zero attached hydrogens (tertiary/aromatic N) is 1. The van der Waals surface area contributed by atoms with E-state index in [1.165, 1.54) is 0 Å². The Labute approximate surface area is 126 Å². The highest BCUT2D eigenvalue weighted by atomic mass is 16.5. The molecular weight excluding hydrogens is 272 g/mol. The normalized spacial score (nSPS) is 33.4. The van der Waals surface area contributed by atoms with E-state index in [4.69, 9.17) is 9.84 Å². The number of carboxylic acid groups (broad SMARTS) is 1. The van der Waals surface area contributed by atoms with Crippen molar-refractivity contribution in [3.05, 3.63) is 0 Å². The molecule has 3 saturated heterocycles. The predicted octanol–water partition coefficient (Wildman–Crippen LogP) is 0.959. The Bertz CT molecular complexity index is 330. The molecule has 0 saturated carbocycles. The van der Waals surface area contributed by atoms with Crippen molar-refractivity contribution < 1.29 is 19.4 Å². The zero-order chi connectivity index (χ0) is 15.8. The molecule has 122 valence electrons. The largest absolute Gasteiger partial charge is 0.481 e. The van der Waals surface area contributed by atoms with Crippen molar-refractivity contribution in [3.63, 3.8) is 0 Å². The van der Waals surface area contributed by atoms with Gasteiger partial charge in [0.25, 0.3) is 0 Å². The Balaban J connectivity index is 0.000000196. The van der Waals surface area contributed by atoms with Crippen LogP contribution in [0.1, 0.15) is 33.6 Å². The molecule has 3 aliphatic rings. The van der Waals surface area contributed by atoms with Crippen molar-refractivity contribution in [1.29, 1.82) is 0 Å². The number of carbonyl (C=O) groups excluding carboxylic acids is 1. The van der Waals surface area contributed by atoms with Crippen molar-refractivity contribution in [2.24, 2.45) is 11.8 Å². The van der Waals surface area contributed by atoms with E-state index in [9.17, 15) is 9.59 Å². The predicted molar refractivity (Wildman–Crippen MR) is 80.0 cm³/mol. The number of rotatable bonds is 2. The van der Waals surface area contributed by atoms with Crippen LogP contribution in [0.2, 0.25) is 0 Å². The van der Waals surface area contributed by atoms with Crippen LogP contribution >= 0.6 is 0 Å². The van der Waals surface area contributed by atoms with Crippen LogP contribution in [0.5, 0.6) is 0 Å². The van der Waals surface area contributed by atoms with Gasteiger partial charge in [-0.25, -0.2) is 0 Å². The Hall–Kier alpha value is -1.14. The van der Waals surface area contributed by atoms with E-state index >= 15 is 0 Å². The van der Waals surface area contributed by atoms with E-state index in [2.05, 4.69) is 5.32 Å². The Morgan fingerprint density at radius 3 is 2.14 bits per heavy atom. The lowest BCUT2D eigenvalue weighted by Gasteiger charge is -2.22. The minimum absolute atomic E-state index is 0.00694. The van der Waals surface area contributed by atoms with Crippen LogP contribution in [0.3, 0.4) is 0 Å². The molecule has 0 spiro atoms. The van der Waals surface area contributed by atoms with Gasteiger partial charge in [-0.1, -0.05) is 20.8 Å². The second-order valence-corrected chi connectivity index (χ2v) is 5.40. The van der Waals surface area contributed by atoms with Crippen LogP contribution in [-0.4, -0.2) is 60.8 Å². The molecule has 21 heavy (non-hydrogen) atoms. The van der Waals surface area contributed by atoms with Crippen molar-refractivity contribution in [2.75, 3.05) is 26.2 Å². The fourth-order valence-corrected chi connectivity index (χ4v) is 3.08. The Kier molecular flexibility index (Phi) is 7.67. The topological polar surface area (TPSA) is 78.9 Å². The molecule has 0 aromatic carbocycles. The summed E-state index contributed by atoms with van der Waals surface area (Å²) in [4.78, 5) is 22.6. The third-order valence-electron chi connectivity index (χ3n) is 4.22. The molecule has 6 nitrogen and oxygen atoms in total. The van der Waals surface area contributed by atoms with Gasteiger partial charge < -0.3 is 20.1 Å². The first-order valence-corrected chi connectivity index (χ1v) is 7.92. The summed E-state index contributed by atoms with van der Waals surface area (Å²) in [6.45, 7) is 9.59. The summed E-state index contributed by atoms with van der Waals surface area (Å²) in [5, 5.41) is 12.0. The molecule has 3 rings (SSSR count). The molecule has 2 N–H and O–H groups in total. The highest BCUT2D eigenvalue weighted by Gasteiger charge is 2.50. The van der Waals surface area contributed by atoms with E-state index in [0.717, 1.165) is 45.4 Å². The molecule has 1 amide bonds. The van der Waals surface area contributed by atoms with Gasteiger partial charge in [0, 0.05) is 26.2 Å². The van der Waals surface area contributed by atoms with E-state index in [1.54, 1.807) is 4.90 Å². The van der Waals surface area contributed by atoms with Gasteiger partial charge in [0.05, 0.1) is 18.1 Å². The quantitative estimate of drug-likeness (QED) is 0.743. The molecule has 6 heteroatoms. The Morgan fingerprint density at radius 1 is 1.24 bits per heavy atom. The molecule has 2 bridgehead atoms. The first kappa shape index (κ1) is 17.9. The smallest absolute Gasteiger partial charge is 0.309 e. The van der Waals surface area contributed by atoms with Crippen molar-refractivity contribution in [3.8, 4) is 0 Å². The highest BCUT2D eigenvalue weighted by molar-refractivity contribution is 5.71. The molecule has 3 fully saturated rings. The summed E-state index contributed by atoms with van der Waals surface area (Å²) in [6, 6.07) is 0. The minimum atomic E-state index is -0.690. The number of hydrogen-bond acceptors (Lipinski definition) is 4. The maximum atomic E-state index is 10.7. The molecular formula is C15H28N2O4. The van der Waals surface area contributed by atoms with Crippen molar-refractivity contribution in [2.45, 2.75) is 45.8 Å². The average molecular weight is 300 g/mol. The third-order valence-corrected chi connectivity index (χ3v) is 4.22. The number of carbonyl (C=O) groups is 2. The molecule has 0 radical (unpaired) electrons. The maximum absolute atomic E-state index is 10.7. The minimum Gasteiger partial charge on any atom is -0.481 e. The van der Waals surface area contributed by atoms with Crippen LogP contribution in [0, 0.1) is 11.8 Å². The zero-order valence-electron chi connectivity index (χ0n) is 13.2. The first-order chi connectivity index (χ1) is 10.1. The lowest BCUT2D eigenvalue weighted by Crippen LogP contribution is -2.42. The van der Waals surface area contributed by atoms with Gasteiger partial charge in [-0.05, 0) is 18.8 Å². The van der Waals surface area contributed by atoms with Gasteiger partial charge >= 0.3 is 5.97 Å². The molecule has 0 aromatic heterocycles. The summed E-state index contributed by atoms with van der Waals surface area (Å²) in [7, 11) is 0. The number of nitrogens with one attached hydrogen (secondary N) is 1. The van der Waals surface area contributed by atoms with Crippen LogP contribution in [0.4, 0.5) is 0 Å². The van der Waals surface area contributed by atoms with Gasteiger partial charge in [0.1, 0.15) is 0 Å². The van der Waals surface area contributed by atoms with Crippen LogP contribution in [0.15, 0.2) is 0 Å².